The quantitative estimate of drug-likeness (QED) is 0.175. The molecule has 2 aromatic heterocycles. The van der Waals surface area contributed by atoms with E-state index in [1.807, 2.05) is 54.7 Å². The fraction of sp³-hybridized carbons (Fsp3) is 0.0811. The van der Waals surface area contributed by atoms with Crippen LogP contribution in [0.25, 0.3) is 32.9 Å². The van der Waals surface area contributed by atoms with Crippen molar-refractivity contribution in [3.63, 3.8) is 0 Å². The van der Waals surface area contributed by atoms with E-state index in [0.29, 0.717) is 0 Å². The van der Waals surface area contributed by atoms with Crippen LogP contribution in [0.5, 0.6) is 5.75 Å². The van der Waals surface area contributed by atoms with Crippen LogP contribution in [0.2, 0.25) is 0 Å². The highest BCUT2D eigenvalue weighted by Gasteiger charge is 2.31. The molecule has 0 amide bonds. The van der Waals surface area contributed by atoms with Gasteiger partial charge in [-0.25, -0.2) is 0 Å². The Morgan fingerprint density at radius 3 is 1.59 bits per heavy atom. The third-order valence-electron chi connectivity index (χ3n) is 7.32. The molecule has 2 heterocycles. The lowest BCUT2D eigenvalue weighted by Gasteiger charge is -2.10. The van der Waals surface area contributed by atoms with Crippen LogP contribution in [0.15, 0.2) is 150 Å². The molecule has 0 atom stereocenters. The van der Waals surface area contributed by atoms with Gasteiger partial charge in [0.2, 0.25) is 0 Å². The van der Waals surface area contributed by atoms with E-state index in [2.05, 4.69) is 96.7 Å². The molecule has 0 aliphatic heterocycles. The number of halogens is 4. The lowest BCUT2D eigenvalue weighted by atomic mass is 10.0. The van der Waals surface area contributed by atoms with Gasteiger partial charge < -0.3 is 13.9 Å². The van der Waals surface area contributed by atoms with Crippen LogP contribution in [-0.4, -0.2) is 15.5 Å². The third-order valence-corrected chi connectivity index (χ3v) is 7.81. The first kappa shape index (κ1) is 29.3. The number of benzene rings is 5. The van der Waals surface area contributed by atoms with Crippen molar-refractivity contribution < 1.29 is 17.9 Å². The molecule has 0 aliphatic carbocycles. The second-order valence-corrected chi connectivity index (χ2v) is 11.3. The van der Waals surface area contributed by atoms with Crippen molar-refractivity contribution in [3.05, 3.63) is 161 Å². The first-order valence-electron chi connectivity index (χ1n) is 14.1. The molecule has 0 aliphatic rings. The van der Waals surface area contributed by atoms with Crippen molar-refractivity contribution in [2.45, 2.75) is 19.5 Å². The maximum absolute atomic E-state index is 12.3. The largest absolute Gasteiger partial charge is 0.573 e. The van der Waals surface area contributed by atoms with E-state index in [4.69, 9.17) is 0 Å². The van der Waals surface area contributed by atoms with Crippen LogP contribution < -0.4 is 4.74 Å². The van der Waals surface area contributed by atoms with Gasteiger partial charge in [0.15, 0.2) is 0 Å². The van der Waals surface area contributed by atoms with Gasteiger partial charge in [0, 0.05) is 51.8 Å². The molecule has 0 saturated heterocycles. The summed E-state index contributed by atoms with van der Waals surface area (Å²) in [6, 6.07) is 43.3. The van der Waals surface area contributed by atoms with E-state index in [1.165, 1.54) is 34.2 Å². The van der Waals surface area contributed by atoms with Crippen LogP contribution in [0.3, 0.4) is 0 Å². The highest BCUT2D eigenvalue weighted by atomic mass is 79.9. The molecule has 0 bridgehead atoms. The van der Waals surface area contributed by atoms with E-state index < -0.39 is 6.36 Å². The Kier molecular flexibility index (Phi) is 8.57. The van der Waals surface area contributed by atoms with E-state index in [1.54, 1.807) is 12.1 Å². The maximum atomic E-state index is 12.3. The fourth-order valence-electron chi connectivity index (χ4n) is 5.24. The molecule has 0 spiro atoms. The molecule has 0 unspecified atom stereocenters. The highest BCUT2D eigenvalue weighted by molar-refractivity contribution is 9.10. The van der Waals surface area contributed by atoms with Crippen molar-refractivity contribution in [3.8, 4) is 16.9 Å². The fourth-order valence-corrected chi connectivity index (χ4v) is 5.61. The number of alkyl halides is 3. The van der Waals surface area contributed by atoms with E-state index in [0.717, 1.165) is 39.6 Å². The van der Waals surface area contributed by atoms with Crippen LogP contribution in [0.1, 0.15) is 11.1 Å². The molecule has 0 fully saturated rings. The predicted molar refractivity (Wildman–Crippen MR) is 175 cm³/mol. The van der Waals surface area contributed by atoms with Crippen LogP contribution in [0, 0.1) is 0 Å². The summed E-state index contributed by atoms with van der Waals surface area (Å²) < 4.78 is 46.3. The third kappa shape index (κ3) is 7.24. The van der Waals surface area contributed by atoms with Crippen LogP contribution in [0.4, 0.5) is 13.2 Å². The van der Waals surface area contributed by atoms with Gasteiger partial charge in [0.1, 0.15) is 5.75 Å². The monoisotopic (exact) mass is 652 g/mol. The topological polar surface area (TPSA) is 19.1 Å². The standard InChI is InChI=1S/C22H16F3NO.C15H12BrN/c23-22(24,25)27-20-9-6-17(7-10-20)18-8-11-21-19(14-18)12-13-26(21)15-16-4-2-1-3-5-16;16-14-6-7-15-13(10-14)8-9-17(15)11-12-4-2-1-3-5-12/h1-14H,15H2;1-10H,11H2. The SMILES string of the molecule is Brc1ccc2c(ccn2Cc2ccccc2)c1.FC(F)(F)Oc1ccc(-c2ccc3c(ccn3Cc3ccccc3)c2)cc1. The summed E-state index contributed by atoms with van der Waals surface area (Å²) in [5.41, 5.74) is 6.71. The molecule has 0 saturated carbocycles. The lowest BCUT2D eigenvalue weighted by molar-refractivity contribution is -0.274. The zero-order chi connectivity index (χ0) is 30.5. The summed E-state index contributed by atoms with van der Waals surface area (Å²) in [5.74, 6) is -0.221. The van der Waals surface area contributed by atoms with E-state index in [9.17, 15) is 13.2 Å². The zero-order valence-corrected chi connectivity index (χ0v) is 25.2. The average Bonchev–Trinajstić information content (AvgIpc) is 3.61. The number of nitrogens with zero attached hydrogens (tertiary/aromatic N) is 2. The Morgan fingerprint density at radius 1 is 0.545 bits per heavy atom. The van der Waals surface area contributed by atoms with Gasteiger partial charge in [-0.3, -0.25) is 0 Å². The molecule has 5 aromatic carbocycles. The second kappa shape index (κ2) is 12.9. The second-order valence-electron chi connectivity index (χ2n) is 10.4. The Balaban J connectivity index is 0.000000173. The van der Waals surface area contributed by atoms with E-state index >= 15 is 0 Å². The molecule has 7 aromatic rings. The molecular formula is C37H28BrF3N2O. The average molecular weight is 654 g/mol. The Labute approximate surface area is 261 Å². The summed E-state index contributed by atoms with van der Waals surface area (Å²) in [5, 5.41) is 2.36. The van der Waals surface area contributed by atoms with Gasteiger partial charge in [-0.05, 0) is 76.9 Å². The minimum atomic E-state index is -4.68. The molecule has 0 radical (unpaired) electrons. The van der Waals surface area contributed by atoms with Gasteiger partial charge in [0.05, 0.1) is 0 Å². The zero-order valence-electron chi connectivity index (χ0n) is 23.6. The minimum Gasteiger partial charge on any atom is -0.406 e. The summed E-state index contributed by atoms with van der Waals surface area (Å²) in [6.45, 7) is 1.71. The summed E-state index contributed by atoms with van der Waals surface area (Å²) >= 11 is 3.50. The molecule has 3 nitrogen and oxygen atoms in total. The highest BCUT2D eigenvalue weighted by Crippen LogP contribution is 2.29. The van der Waals surface area contributed by atoms with Gasteiger partial charge in [-0.1, -0.05) is 94.8 Å². The molecule has 220 valence electrons. The summed E-state index contributed by atoms with van der Waals surface area (Å²) in [6.07, 6.45) is -0.492. The molecule has 7 heteroatoms. The Morgan fingerprint density at radius 2 is 1.05 bits per heavy atom. The van der Waals surface area contributed by atoms with Crippen molar-refractivity contribution in [2.24, 2.45) is 0 Å². The number of rotatable bonds is 6. The molecular weight excluding hydrogens is 625 g/mol. The van der Waals surface area contributed by atoms with Gasteiger partial charge in [-0.2, -0.15) is 0 Å². The number of hydrogen-bond donors (Lipinski definition) is 0. The van der Waals surface area contributed by atoms with Crippen molar-refractivity contribution in [1.29, 1.82) is 0 Å². The normalized spacial score (nSPS) is 11.4. The number of aromatic nitrogens is 2. The minimum absolute atomic E-state index is 0.221. The lowest BCUT2D eigenvalue weighted by Crippen LogP contribution is -2.16. The van der Waals surface area contributed by atoms with Crippen molar-refractivity contribution in [2.75, 3.05) is 0 Å². The predicted octanol–water partition coefficient (Wildman–Crippen LogP) is 10.7. The summed E-state index contributed by atoms with van der Waals surface area (Å²) in [7, 11) is 0. The van der Waals surface area contributed by atoms with E-state index in [-0.39, 0.29) is 5.75 Å². The maximum Gasteiger partial charge on any atom is 0.573 e. The first-order chi connectivity index (χ1) is 21.3. The number of ether oxygens (including phenoxy) is 1. The Hall–Kier alpha value is -4.75. The summed E-state index contributed by atoms with van der Waals surface area (Å²) in [4.78, 5) is 0. The first-order valence-corrected chi connectivity index (χ1v) is 14.9. The Bertz CT molecular complexity index is 1980. The molecule has 44 heavy (non-hydrogen) atoms. The molecule has 7 rings (SSSR count). The van der Waals surface area contributed by atoms with Crippen LogP contribution in [-0.2, 0) is 13.1 Å². The number of fused-ring (bicyclic) bond motifs is 2. The smallest absolute Gasteiger partial charge is 0.406 e. The van der Waals surface area contributed by atoms with Crippen LogP contribution >= 0.6 is 15.9 Å². The van der Waals surface area contributed by atoms with Crippen molar-refractivity contribution in [1.82, 2.24) is 9.13 Å². The van der Waals surface area contributed by atoms with Crippen molar-refractivity contribution >= 4 is 37.7 Å². The van der Waals surface area contributed by atoms with Gasteiger partial charge in [0.25, 0.3) is 0 Å². The van der Waals surface area contributed by atoms with Gasteiger partial charge in [-0.15, -0.1) is 13.2 Å². The van der Waals surface area contributed by atoms with Gasteiger partial charge >= 0.3 is 6.36 Å². The number of hydrogen-bond acceptors (Lipinski definition) is 1. The molecule has 0 N–H and O–H groups in total.